The number of ether oxygens (including phenoxy) is 3. The van der Waals surface area contributed by atoms with Gasteiger partial charge in [0.1, 0.15) is 13.2 Å². The molecule has 0 saturated heterocycles. The number of esters is 3. The Labute approximate surface area is 371 Å². The van der Waals surface area contributed by atoms with Crippen LogP contribution in [0.5, 0.6) is 0 Å². The van der Waals surface area contributed by atoms with E-state index in [1.165, 1.54) is 135 Å². The quantitative estimate of drug-likeness (QED) is 0.0263. The van der Waals surface area contributed by atoms with Crippen LogP contribution in [0.2, 0.25) is 0 Å². The summed E-state index contributed by atoms with van der Waals surface area (Å²) in [5.74, 6) is -0.893. The van der Waals surface area contributed by atoms with Crippen molar-refractivity contribution >= 4 is 17.9 Å². The van der Waals surface area contributed by atoms with Gasteiger partial charge < -0.3 is 14.2 Å². The summed E-state index contributed by atoms with van der Waals surface area (Å²) in [5, 5.41) is 0. The smallest absolute Gasteiger partial charge is 0.306 e. The van der Waals surface area contributed by atoms with E-state index < -0.39 is 6.10 Å². The molecule has 0 amide bonds. The fourth-order valence-electron chi connectivity index (χ4n) is 7.22. The molecule has 1 unspecified atom stereocenters. The van der Waals surface area contributed by atoms with Gasteiger partial charge in [-0.05, 0) is 77.0 Å². The van der Waals surface area contributed by atoms with Crippen molar-refractivity contribution in [1.29, 1.82) is 0 Å². The summed E-state index contributed by atoms with van der Waals surface area (Å²) in [6.07, 6.45) is 58.3. The number of hydrogen-bond acceptors (Lipinski definition) is 6. The normalized spacial score (nSPS) is 12.4. The van der Waals surface area contributed by atoms with E-state index in [1.54, 1.807) is 0 Å². The van der Waals surface area contributed by atoms with Gasteiger partial charge in [0.2, 0.25) is 0 Å². The van der Waals surface area contributed by atoms with E-state index in [-0.39, 0.29) is 31.1 Å². The maximum Gasteiger partial charge on any atom is 0.306 e. The maximum atomic E-state index is 12.7. The van der Waals surface area contributed by atoms with E-state index in [2.05, 4.69) is 69.4 Å². The molecule has 6 nitrogen and oxygen atoms in total. The van der Waals surface area contributed by atoms with Crippen LogP contribution >= 0.6 is 0 Å². The van der Waals surface area contributed by atoms with Gasteiger partial charge >= 0.3 is 17.9 Å². The summed E-state index contributed by atoms with van der Waals surface area (Å²) in [6, 6.07) is 0. The molecular formula is C54H96O6. The molecular weight excluding hydrogens is 745 g/mol. The van der Waals surface area contributed by atoms with Crippen LogP contribution in [-0.4, -0.2) is 37.2 Å². The van der Waals surface area contributed by atoms with Crippen LogP contribution in [0.1, 0.15) is 258 Å². The van der Waals surface area contributed by atoms with Gasteiger partial charge in [-0.2, -0.15) is 0 Å². The number of rotatable bonds is 46. The highest BCUT2D eigenvalue weighted by atomic mass is 16.6. The molecule has 0 aliphatic heterocycles. The molecule has 0 aliphatic rings. The largest absolute Gasteiger partial charge is 0.462 e. The average molecular weight is 841 g/mol. The second-order valence-electron chi connectivity index (χ2n) is 17.1. The molecule has 6 heteroatoms. The zero-order valence-electron chi connectivity index (χ0n) is 39.7. The first-order valence-corrected chi connectivity index (χ1v) is 25.6. The Balaban J connectivity index is 4.21. The predicted octanol–water partition coefficient (Wildman–Crippen LogP) is 16.7. The Hall–Kier alpha value is -2.63. The molecule has 0 heterocycles. The van der Waals surface area contributed by atoms with Gasteiger partial charge in [0.15, 0.2) is 6.10 Å². The zero-order valence-corrected chi connectivity index (χ0v) is 39.7. The van der Waals surface area contributed by atoms with Gasteiger partial charge in [-0.25, -0.2) is 0 Å². The third kappa shape index (κ3) is 46.4. The SMILES string of the molecule is CC/C=C\C/C=C\C/C=C\CCCCCCCCCC(=O)OC(COC(=O)CCCCCCCC)COC(=O)CCCCCCCCCCC/C=C\CCCCCCCC. The average Bonchev–Trinajstić information content (AvgIpc) is 3.24. The molecule has 1 atom stereocenters. The van der Waals surface area contributed by atoms with Crippen molar-refractivity contribution in [3.8, 4) is 0 Å². The van der Waals surface area contributed by atoms with Crippen molar-refractivity contribution in [2.24, 2.45) is 0 Å². The van der Waals surface area contributed by atoms with Crippen molar-refractivity contribution < 1.29 is 28.6 Å². The van der Waals surface area contributed by atoms with Gasteiger partial charge in [-0.3, -0.25) is 14.4 Å². The fraction of sp³-hybridized carbons (Fsp3) is 0.796. The van der Waals surface area contributed by atoms with E-state index in [4.69, 9.17) is 14.2 Å². The summed E-state index contributed by atoms with van der Waals surface area (Å²) in [5.41, 5.74) is 0. The lowest BCUT2D eigenvalue weighted by Gasteiger charge is -2.18. The monoisotopic (exact) mass is 841 g/mol. The summed E-state index contributed by atoms with van der Waals surface area (Å²) in [6.45, 7) is 6.47. The molecule has 60 heavy (non-hydrogen) atoms. The van der Waals surface area contributed by atoms with Crippen LogP contribution in [0.4, 0.5) is 0 Å². The maximum absolute atomic E-state index is 12.7. The fourth-order valence-corrected chi connectivity index (χ4v) is 7.22. The van der Waals surface area contributed by atoms with E-state index in [9.17, 15) is 14.4 Å². The standard InChI is InChI=1S/C54H96O6/c1-4-7-10-13-16-18-20-22-24-26-27-29-30-32-34-36-38-41-44-47-53(56)59-50-51(49-58-52(55)46-43-40-15-12-9-6-3)60-54(57)48-45-42-39-37-35-33-31-28-25-23-21-19-17-14-11-8-5-2/h8,11,17,19,22-25,51H,4-7,9-10,12-16,18,20-21,26-50H2,1-3H3/b11-8-,19-17-,24-22-,25-23-. The lowest BCUT2D eigenvalue weighted by molar-refractivity contribution is -0.167. The molecule has 348 valence electrons. The van der Waals surface area contributed by atoms with Crippen molar-refractivity contribution in [3.05, 3.63) is 48.6 Å². The van der Waals surface area contributed by atoms with Crippen LogP contribution in [0.25, 0.3) is 0 Å². The lowest BCUT2D eigenvalue weighted by Crippen LogP contribution is -2.30. The number of carbonyl (C=O) groups is 3. The highest BCUT2D eigenvalue weighted by molar-refractivity contribution is 5.71. The Morgan fingerprint density at radius 1 is 0.350 bits per heavy atom. The molecule has 0 radical (unpaired) electrons. The molecule has 0 aromatic carbocycles. The van der Waals surface area contributed by atoms with Gasteiger partial charge in [-0.15, -0.1) is 0 Å². The molecule has 0 aromatic rings. The highest BCUT2D eigenvalue weighted by Gasteiger charge is 2.19. The molecule has 0 rings (SSSR count). The van der Waals surface area contributed by atoms with Crippen LogP contribution in [0.15, 0.2) is 48.6 Å². The third-order valence-electron chi connectivity index (χ3n) is 11.1. The second-order valence-corrected chi connectivity index (χ2v) is 17.1. The summed E-state index contributed by atoms with van der Waals surface area (Å²) in [7, 11) is 0. The van der Waals surface area contributed by atoms with Crippen LogP contribution in [0, 0.1) is 0 Å². The van der Waals surface area contributed by atoms with Crippen molar-refractivity contribution in [1.82, 2.24) is 0 Å². The van der Waals surface area contributed by atoms with Gasteiger partial charge in [0.25, 0.3) is 0 Å². The minimum Gasteiger partial charge on any atom is -0.462 e. The first kappa shape index (κ1) is 57.4. The number of allylic oxidation sites excluding steroid dienone is 8. The zero-order chi connectivity index (χ0) is 43.7. The van der Waals surface area contributed by atoms with E-state index in [1.807, 2.05) is 0 Å². The Morgan fingerprint density at radius 3 is 1.03 bits per heavy atom. The minimum atomic E-state index is -0.774. The second kappa shape index (κ2) is 49.0. The van der Waals surface area contributed by atoms with Gasteiger partial charge in [-0.1, -0.05) is 211 Å². The van der Waals surface area contributed by atoms with Crippen LogP contribution < -0.4 is 0 Å². The van der Waals surface area contributed by atoms with Crippen LogP contribution in [0.3, 0.4) is 0 Å². The van der Waals surface area contributed by atoms with Crippen molar-refractivity contribution in [3.63, 3.8) is 0 Å². The molecule has 0 aromatic heterocycles. The van der Waals surface area contributed by atoms with Crippen molar-refractivity contribution in [2.45, 2.75) is 264 Å². The first-order valence-electron chi connectivity index (χ1n) is 25.6. The summed E-state index contributed by atoms with van der Waals surface area (Å²) < 4.78 is 16.7. The Kier molecular flexibility index (Phi) is 46.9. The predicted molar refractivity (Wildman–Crippen MR) is 256 cm³/mol. The third-order valence-corrected chi connectivity index (χ3v) is 11.1. The molecule has 0 spiro atoms. The van der Waals surface area contributed by atoms with Crippen LogP contribution in [-0.2, 0) is 28.6 Å². The molecule has 0 bridgehead atoms. The molecule has 0 saturated carbocycles. The molecule has 0 aliphatic carbocycles. The van der Waals surface area contributed by atoms with E-state index in [0.29, 0.717) is 19.3 Å². The number of unbranched alkanes of at least 4 members (excludes halogenated alkanes) is 27. The van der Waals surface area contributed by atoms with Gasteiger partial charge in [0, 0.05) is 19.3 Å². The van der Waals surface area contributed by atoms with Crippen molar-refractivity contribution in [2.75, 3.05) is 13.2 Å². The number of hydrogen-bond donors (Lipinski definition) is 0. The number of carbonyl (C=O) groups excluding carboxylic acids is 3. The lowest BCUT2D eigenvalue weighted by atomic mass is 10.1. The summed E-state index contributed by atoms with van der Waals surface area (Å²) >= 11 is 0. The minimum absolute atomic E-state index is 0.0771. The van der Waals surface area contributed by atoms with E-state index >= 15 is 0 Å². The van der Waals surface area contributed by atoms with Gasteiger partial charge in [0.05, 0.1) is 0 Å². The molecule has 0 fully saturated rings. The topological polar surface area (TPSA) is 78.9 Å². The Bertz CT molecular complexity index is 1060. The summed E-state index contributed by atoms with van der Waals surface area (Å²) in [4.78, 5) is 37.7. The Morgan fingerprint density at radius 2 is 0.650 bits per heavy atom. The first-order chi connectivity index (χ1) is 29.5. The molecule has 0 N–H and O–H groups in total. The highest BCUT2D eigenvalue weighted by Crippen LogP contribution is 2.15. The van der Waals surface area contributed by atoms with E-state index in [0.717, 1.165) is 83.5 Å².